The van der Waals surface area contributed by atoms with Crippen LogP contribution in [0.4, 0.5) is 0 Å². The van der Waals surface area contributed by atoms with Gasteiger partial charge < -0.3 is 4.84 Å². The zero-order valence-corrected chi connectivity index (χ0v) is 7.64. The Kier molecular flexibility index (Phi) is 2.69. The third-order valence-corrected chi connectivity index (χ3v) is 2.03. The number of hydroxylamine groups is 1. The molecule has 1 aromatic heterocycles. The van der Waals surface area contributed by atoms with Crippen molar-refractivity contribution >= 4 is 5.97 Å². The molecule has 5 heteroatoms. The van der Waals surface area contributed by atoms with Crippen LogP contribution < -0.4 is 5.48 Å². The van der Waals surface area contributed by atoms with Crippen LogP contribution in [-0.2, 0) is 4.84 Å². The molecular weight excluding hydrogens is 182 g/mol. The van der Waals surface area contributed by atoms with E-state index in [1.165, 1.54) is 31.6 Å². The molecule has 0 bridgehead atoms. The predicted molar refractivity (Wildman–Crippen MR) is 48.2 cm³/mol. The topological polar surface area (TPSA) is 64.1 Å². The number of carbonyl (C=O) groups excluding carboxylic acids is 1. The minimum Gasteiger partial charge on any atom is -0.367 e. The maximum absolute atomic E-state index is 11.3. The van der Waals surface area contributed by atoms with Crippen molar-refractivity contribution in [3.8, 4) is 0 Å². The molecular formula is C9H11N3O2. The van der Waals surface area contributed by atoms with E-state index in [4.69, 9.17) is 4.84 Å². The summed E-state index contributed by atoms with van der Waals surface area (Å²) in [6, 6.07) is 0. The lowest BCUT2D eigenvalue weighted by molar-refractivity contribution is 0.0244. The number of nitrogens with zero attached hydrogens (tertiary/aromatic N) is 2. The first-order valence-electron chi connectivity index (χ1n) is 4.55. The van der Waals surface area contributed by atoms with Crippen LogP contribution in [0.25, 0.3) is 0 Å². The molecule has 0 amide bonds. The zero-order valence-electron chi connectivity index (χ0n) is 7.64. The van der Waals surface area contributed by atoms with Gasteiger partial charge in [0.25, 0.3) is 0 Å². The van der Waals surface area contributed by atoms with E-state index < -0.39 is 5.97 Å². The molecule has 1 N–H and O–H groups in total. The van der Waals surface area contributed by atoms with Crippen LogP contribution in [0.3, 0.4) is 0 Å². The number of aromatic nitrogens is 2. The van der Waals surface area contributed by atoms with Gasteiger partial charge in [-0.2, -0.15) is 5.48 Å². The second-order valence-electron chi connectivity index (χ2n) is 3.31. The van der Waals surface area contributed by atoms with E-state index in [9.17, 15) is 4.79 Å². The van der Waals surface area contributed by atoms with Gasteiger partial charge in [-0.3, -0.25) is 0 Å². The van der Waals surface area contributed by atoms with Crippen molar-refractivity contribution in [1.82, 2.24) is 15.4 Å². The van der Waals surface area contributed by atoms with Crippen molar-refractivity contribution < 1.29 is 9.63 Å². The fourth-order valence-corrected chi connectivity index (χ4v) is 1.01. The quantitative estimate of drug-likeness (QED) is 0.707. The molecule has 0 unspecified atom stereocenters. The minimum absolute atomic E-state index is 0.357. The monoisotopic (exact) mass is 193 g/mol. The average molecular weight is 193 g/mol. The summed E-state index contributed by atoms with van der Waals surface area (Å²) >= 11 is 0. The second-order valence-corrected chi connectivity index (χ2v) is 3.31. The molecule has 0 aliphatic heterocycles. The molecule has 1 fully saturated rings. The van der Waals surface area contributed by atoms with Crippen LogP contribution in [0.1, 0.15) is 23.2 Å². The van der Waals surface area contributed by atoms with Gasteiger partial charge in [0.1, 0.15) is 6.33 Å². The second kappa shape index (κ2) is 4.15. The van der Waals surface area contributed by atoms with Crippen LogP contribution in [0, 0.1) is 5.92 Å². The molecule has 0 aromatic carbocycles. The highest BCUT2D eigenvalue weighted by Gasteiger charge is 2.21. The van der Waals surface area contributed by atoms with Gasteiger partial charge in [0.15, 0.2) is 0 Å². The fraction of sp³-hybridized carbons (Fsp3) is 0.444. The van der Waals surface area contributed by atoms with Crippen LogP contribution in [0.5, 0.6) is 0 Å². The van der Waals surface area contributed by atoms with Gasteiger partial charge in [0.2, 0.25) is 0 Å². The molecule has 1 aromatic rings. The summed E-state index contributed by atoms with van der Waals surface area (Å²) in [5.41, 5.74) is 3.00. The van der Waals surface area contributed by atoms with Gasteiger partial charge in [-0.15, -0.1) is 0 Å². The molecule has 0 radical (unpaired) electrons. The van der Waals surface area contributed by atoms with E-state index in [1.807, 2.05) is 0 Å². The minimum atomic E-state index is -0.439. The summed E-state index contributed by atoms with van der Waals surface area (Å²) < 4.78 is 0. The Morgan fingerprint density at radius 2 is 2.21 bits per heavy atom. The van der Waals surface area contributed by atoms with Gasteiger partial charge in [-0.25, -0.2) is 14.8 Å². The molecule has 1 saturated carbocycles. The summed E-state index contributed by atoms with van der Waals surface area (Å²) in [6.45, 7) is 0.736. The van der Waals surface area contributed by atoms with E-state index in [2.05, 4.69) is 15.4 Å². The molecule has 14 heavy (non-hydrogen) atoms. The first kappa shape index (κ1) is 9.08. The SMILES string of the molecule is O=C(ONCC1CC1)c1cncnc1. The molecule has 5 nitrogen and oxygen atoms in total. The maximum Gasteiger partial charge on any atom is 0.359 e. The number of rotatable bonds is 4. The van der Waals surface area contributed by atoms with Gasteiger partial charge in [0, 0.05) is 18.9 Å². The van der Waals surface area contributed by atoms with Crippen molar-refractivity contribution in [2.75, 3.05) is 6.54 Å². The van der Waals surface area contributed by atoms with Crippen molar-refractivity contribution in [1.29, 1.82) is 0 Å². The lowest BCUT2D eigenvalue weighted by atomic mass is 10.4. The Hall–Kier alpha value is -1.49. The lowest BCUT2D eigenvalue weighted by Crippen LogP contribution is -2.22. The molecule has 0 saturated heterocycles. The molecule has 74 valence electrons. The van der Waals surface area contributed by atoms with Crippen LogP contribution in [-0.4, -0.2) is 22.5 Å². The van der Waals surface area contributed by atoms with E-state index in [-0.39, 0.29) is 0 Å². The standard InChI is InChI=1S/C9H11N3O2/c13-9(8-4-10-6-11-5-8)14-12-3-7-1-2-7/h4-7,12H,1-3H2. The van der Waals surface area contributed by atoms with Crippen molar-refractivity contribution in [2.24, 2.45) is 5.92 Å². The Balaban J connectivity index is 1.77. The summed E-state index contributed by atoms with van der Waals surface area (Å²) in [5.74, 6) is 0.237. The zero-order chi connectivity index (χ0) is 9.80. The average Bonchev–Trinajstić information content (AvgIpc) is 3.03. The highest BCUT2D eigenvalue weighted by atomic mass is 16.7. The van der Waals surface area contributed by atoms with E-state index in [1.54, 1.807) is 0 Å². The van der Waals surface area contributed by atoms with Gasteiger partial charge in [-0.05, 0) is 18.8 Å². The Labute approximate surface area is 81.5 Å². The molecule has 0 spiro atoms. The summed E-state index contributed by atoms with van der Waals surface area (Å²) in [6.07, 6.45) is 6.66. The Bertz CT molecular complexity index is 311. The van der Waals surface area contributed by atoms with Crippen LogP contribution in [0.2, 0.25) is 0 Å². The Morgan fingerprint density at radius 1 is 1.50 bits per heavy atom. The smallest absolute Gasteiger partial charge is 0.359 e. The molecule has 1 aliphatic carbocycles. The largest absolute Gasteiger partial charge is 0.367 e. The maximum atomic E-state index is 11.3. The predicted octanol–water partition coefficient (Wildman–Crippen LogP) is 0.548. The van der Waals surface area contributed by atoms with Gasteiger partial charge in [-0.1, -0.05) is 0 Å². The molecule has 1 aliphatic rings. The molecule has 0 atom stereocenters. The van der Waals surface area contributed by atoms with Gasteiger partial charge >= 0.3 is 5.97 Å². The van der Waals surface area contributed by atoms with Crippen molar-refractivity contribution in [3.63, 3.8) is 0 Å². The molecule has 2 rings (SSSR count). The summed E-state index contributed by atoms with van der Waals surface area (Å²) in [5, 5.41) is 0. The third kappa shape index (κ3) is 2.50. The highest BCUT2D eigenvalue weighted by Crippen LogP contribution is 2.27. The van der Waals surface area contributed by atoms with E-state index >= 15 is 0 Å². The number of carbonyl (C=O) groups is 1. The highest BCUT2D eigenvalue weighted by molar-refractivity contribution is 5.88. The molecule has 1 heterocycles. The number of hydrogen-bond donors (Lipinski definition) is 1. The van der Waals surface area contributed by atoms with Gasteiger partial charge in [0.05, 0.1) is 5.56 Å². The van der Waals surface area contributed by atoms with E-state index in [0.717, 1.165) is 6.54 Å². The normalized spacial score (nSPS) is 15.1. The number of hydrogen-bond acceptors (Lipinski definition) is 5. The summed E-state index contributed by atoms with van der Waals surface area (Å²) in [7, 11) is 0. The lowest BCUT2D eigenvalue weighted by Gasteiger charge is -2.03. The first-order valence-corrected chi connectivity index (χ1v) is 4.55. The van der Waals surface area contributed by atoms with Crippen LogP contribution in [0.15, 0.2) is 18.7 Å². The van der Waals surface area contributed by atoms with Crippen molar-refractivity contribution in [2.45, 2.75) is 12.8 Å². The summed E-state index contributed by atoms with van der Waals surface area (Å²) in [4.78, 5) is 23.5. The third-order valence-electron chi connectivity index (χ3n) is 2.03. The fourth-order valence-electron chi connectivity index (χ4n) is 1.01. The van der Waals surface area contributed by atoms with E-state index in [0.29, 0.717) is 11.5 Å². The Morgan fingerprint density at radius 3 is 2.86 bits per heavy atom. The first-order chi connectivity index (χ1) is 6.86. The van der Waals surface area contributed by atoms with Crippen molar-refractivity contribution in [3.05, 3.63) is 24.3 Å². The number of nitrogens with one attached hydrogen (secondary N) is 1. The van der Waals surface area contributed by atoms with Crippen LogP contribution >= 0.6 is 0 Å².